The number of nitrogens with one attached hydrogen (secondary N) is 2. The molecule has 4 N–H and O–H groups in total. The number of benzene rings is 2. The number of aromatic nitrogens is 3. The molecule has 2 saturated carbocycles. The van der Waals surface area contributed by atoms with Gasteiger partial charge in [-0.2, -0.15) is 0 Å². The van der Waals surface area contributed by atoms with E-state index in [1.807, 2.05) is 23.6 Å². The zero-order valence-corrected chi connectivity index (χ0v) is 33.7. The third kappa shape index (κ3) is 10.4. The van der Waals surface area contributed by atoms with Crippen LogP contribution in [0.1, 0.15) is 109 Å². The second-order valence-corrected chi connectivity index (χ2v) is 18.6. The van der Waals surface area contributed by atoms with Gasteiger partial charge in [-0.05, 0) is 115 Å². The molecule has 2 heterocycles. The Labute approximate surface area is 324 Å². The lowest BCUT2D eigenvalue weighted by atomic mass is 9.83. The number of ether oxygens (including phenoxy) is 3. The summed E-state index contributed by atoms with van der Waals surface area (Å²) in [6.07, 6.45) is 8.64. The summed E-state index contributed by atoms with van der Waals surface area (Å²) in [7, 11) is -3.86. The largest absolute Gasteiger partial charge is 0.461 e. The summed E-state index contributed by atoms with van der Waals surface area (Å²) in [6.45, 7) is 8.78. The highest BCUT2D eigenvalue weighted by Crippen LogP contribution is 2.43. The smallest absolute Gasteiger partial charge is 0.326 e. The zero-order valence-electron chi connectivity index (χ0n) is 32.8. The van der Waals surface area contributed by atoms with E-state index in [-0.39, 0.29) is 18.6 Å². The third-order valence-electron chi connectivity index (χ3n) is 10.9. The summed E-state index contributed by atoms with van der Waals surface area (Å²) < 4.78 is 35.1. The fourth-order valence-corrected chi connectivity index (χ4v) is 10.5. The Bertz CT molecular complexity index is 1850. The molecule has 0 amide bonds. The van der Waals surface area contributed by atoms with Crippen LogP contribution in [0, 0.1) is 0 Å². The molecule has 6 rings (SSSR count). The molecule has 2 fully saturated rings. The predicted octanol–water partition coefficient (Wildman–Crippen LogP) is 7.84. The van der Waals surface area contributed by atoms with Crippen LogP contribution in [0.4, 0.5) is 5.69 Å². The molecule has 2 aromatic heterocycles. The first-order valence-corrected chi connectivity index (χ1v) is 21.5. The van der Waals surface area contributed by atoms with E-state index in [1.54, 1.807) is 46.3 Å². The first-order chi connectivity index (χ1) is 26.2. The number of hydrogen-bond acceptors (Lipinski definition) is 9. The molecule has 0 radical (unpaired) electrons. The molecular weight excluding hydrogens is 715 g/mol. The average Bonchev–Trinajstić information content (AvgIpc) is 3.58. The third-order valence-corrected chi connectivity index (χ3v) is 13.3. The topological polar surface area (TPSA) is 160 Å². The van der Waals surface area contributed by atoms with Gasteiger partial charge in [-0.3, -0.25) is 14.2 Å². The van der Waals surface area contributed by atoms with Crippen LogP contribution in [0.3, 0.4) is 0 Å². The molecule has 0 unspecified atom stereocenters. The van der Waals surface area contributed by atoms with Gasteiger partial charge < -0.3 is 24.5 Å². The van der Waals surface area contributed by atoms with Crippen LogP contribution in [-0.2, 0) is 34.9 Å². The Hall–Kier alpha value is -4.09. The minimum absolute atomic E-state index is 0.242. The van der Waals surface area contributed by atoms with E-state index in [9.17, 15) is 14.2 Å². The van der Waals surface area contributed by atoms with E-state index >= 15 is 0 Å². The highest BCUT2D eigenvalue weighted by Gasteiger charge is 2.44. The number of anilines is 1. The highest BCUT2D eigenvalue weighted by atomic mass is 31.2. The number of pyridine rings is 1. The minimum atomic E-state index is -3.86. The summed E-state index contributed by atoms with van der Waals surface area (Å²) in [6, 6.07) is 22.5. The lowest BCUT2D eigenvalue weighted by Gasteiger charge is -2.37. The molecule has 2 aliphatic rings. The van der Waals surface area contributed by atoms with E-state index in [4.69, 9.17) is 19.9 Å². The van der Waals surface area contributed by atoms with Gasteiger partial charge in [0, 0.05) is 6.20 Å². The van der Waals surface area contributed by atoms with Crippen molar-refractivity contribution < 1.29 is 28.4 Å². The highest BCUT2D eigenvalue weighted by molar-refractivity contribution is 7.59. The van der Waals surface area contributed by atoms with Gasteiger partial charge in [-0.25, -0.2) is 20.1 Å². The number of nitrogen functional groups attached to an aromatic ring is 1. The minimum Gasteiger partial charge on any atom is -0.461 e. The number of carbonyl (C=O) groups excluding carboxylic acids is 2. The van der Waals surface area contributed by atoms with Crippen LogP contribution in [0.15, 0.2) is 79.3 Å². The Morgan fingerprint density at radius 2 is 1.25 bits per heavy atom. The monoisotopic (exact) mass is 772 g/mol. The van der Waals surface area contributed by atoms with Crippen molar-refractivity contribution in [3.63, 3.8) is 0 Å². The first kappa shape index (κ1) is 40.6. The summed E-state index contributed by atoms with van der Waals surface area (Å²) in [5.41, 5.74) is 7.64. The van der Waals surface area contributed by atoms with Gasteiger partial charge in [-0.1, -0.05) is 60.7 Å². The summed E-state index contributed by atoms with van der Waals surface area (Å²) in [5.74, 6) is -0.176. The lowest BCUT2D eigenvalue weighted by molar-refractivity contribution is -0.157. The molecule has 55 heavy (non-hydrogen) atoms. The first-order valence-electron chi connectivity index (χ1n) is 19.6. The second-order valence-electron chi connectivity index (χ2n) is 16.4. The van der Waals surface area contributed by atoms with Crippen LogP contribution in [0.2, 0.25) is 0 Å². The van der Waals surface area contributed by atoms with Crippen molar-refractivity contribution in [3.8, 4) is 0 Å². The van der Waals surface area contributed by atoms with E-state index in [0.717, 1.165) is 51.4 Å². The molecular formula is C42H57N6O6P. The normalized spacial score (nSPS) is 21.5. The van der Waals surface area contributed by atoms with Gasteiger partial charge in [0.1, 0.15) is 35.2 Å². The van der Waals surface area contributed by atoms with Crippen LogP contribution in [-0.4, -0.2) is 62.2 Å². The summed E-state index contributed by atoms with van der Waals surface area (Å²) in [5, 5.41) is 6.15. The molecule has 0 spiro atoms. The maximum atomic E-state index is 15.0. The number of nitrogens with zero attached hydrogens (tertiary/aromatic N) is 3. The maximum Gasteiger partial charge on any atom is 0.326 e. The van der Waals surface area contributed by atoms with Gasteiger partial charge in [0.15, 0.2) is 5.65 Å². The van der Waals surface area contributed by atoms with E-state index in [0.29, 0.717) is 35.2 Å². The molecule has 2 aromatic carbocycles. The fourth-order valence-electron chi connectivity index (χ4n) is 7.84. The SMILES string of the molecule is C[C@H](Cn1cnc2c(N)ccnc21)OCP(=O)(NC(C)(C)C(=O)O[C@H]1CC[C@H](c2ccccc2)CC1)NC(C)(C)C(=O)O[C@H]1CC[C@H](c2ccccc2)CC1. The molecule has 0 bridgehead atoms. The molecule has 13 heteroatoms. The number of esters is 2. The molecule has 1 atom stereocenters. The Morgan fingerprint density at radius 1 is 0.782 bits per heavy atom. The van der Waals surface area contributed by atoms with Gasteiger partial charge in [0.2, 0.25) is 7.44 Å². The molecule has 2 aliphatic carbocycles. The number of rotatable bonds is 15. The van der Waals surface area contributed by atoms with Crippen LogP contribution in [0.5, 0.6) is 0 Å². The van der Waals surface area contributed by atoms with Crippen LogP contribution >= 0.6 is 7.44 Å². The summed E-state index contributed by atoms with van der Waals surface area (Å²) >= 11 is 0. The van der Waals surface area contributed by atoms with Gasteiger partial charge in [0.05, 0.1) is 24.7 Å². The molecule has 296 valence electrons. The second kappa shape index (κ2) is 17.4. The van der Waals surface area contributed by atoms with E-state index < -0.39 is 36.6 Å². The molecule has 0 aliphatic heterocycles. The van der Waals surface area contributed by atoms with Crippen molar-refractivity contribution >= 4 is 36.2 Å². The molecule has 4 aromatic rings. The van der Waals surface area contributed by atoms with Crippen molar-refractivity contribution in [3.05, 3.63) is 90.4 Å². The standard InChI is InChI=1S/C42H57N6O6P/c1-29(26-48-27-45-37-36(43)24-25-44-38(37)48)52-28-55(51,46-41(2,3)39(49)53-34-20-16-32(17-21-34)30-12-8-6-9-13-30)47-42(4,5)40(50)54-35-22-18-33(19-23-35)31-14-10-7-11-15-31/h6-15,24-25,27,29,32-35H,16-23,26,28H2,1-5H3,(H2,43,44)(H2,46,47,51)/t29-,32-,33-,34-,35-/m1/s1. The van der Waals surface area contributed by atoms with Crippen molar-refractivity contribution in [2.24, 2.45) is 0 Å². The number of imidazole rings is 1. The Morgan fingerprint density at radius 3 is 1.73 bits per heavy atom. The van der Waals surface area contributed by atoms with Gasteiger partial charge in [0.25, 0.3) is 0 Å². The van der Waals surface area contributed by atoms with Gasteiger partial charge in [-0.15, -0.1) is 0 Å². The Balaban J connectivity index is 1.11. The van der Waals surface area contributed by atoms with Crippen LogP contribution < -0.4 is 15.9 Å². The maximum absolute atomic E-state index is 15.0. The van der Waals surface area contributed by atoms with Crippen molar-refractivity contribution in [2.75, 3.05) is 12.1 Å². The quantitative estimate of drug-likeness (QED) is 0.0798. The number of carbonyl (C=O) groups is 2. The van der Waals surface area contributed by atoms with E-state index in [2.05, 4.69) is 68.7 Å². The van der Waals surface area contributed by atoms with Gasteiger partial charge >= 0.3 is 11.9 Å². The Kier molecular flexibility index (Phi) is 12.8. The van der Waals surface area contributed by atoms with Crippen LogP contribution in [0.25, 0.3) is 11.2 Å². The van der Waals surface area contributed by atoms with E-state index in [1.165, 1.54) is 11.1 Å². The zero-order chi connectivity index (χ0) is 39.2. The molecule has 12 nitrogen and oxygen atoms in total. The number of fused-ring (bicyclic) bond motifs is 1. The van der Waals surface area contributed by atoms with Crippen molar-refractivity contribution in [2.45, 2.75) is 134 Å². The van der Waals surface area contributed by atoms with Crippen molar-refractivity contribution in [1.82, 2.24) is 24.7 Å². The summed E-state index contributed by atoms with van der Waals surface area (Å²) in [4.78, 5) is 36.3. The average molecular weight is 773 g/mol. The predicted molar refractivity (Wildman–Crippen MR) is 214 cm³/mol. The fraction of sp³-hybridized carbons (Fsp3) is 0.524. The molecule has 0 saturated heterocycles. The number of nitrogens with two attached hydrogens (primary N) is 1. The van der Waals surface area contributed by atoms with Crippen molar-refractivity contribution in [1.29, 1.82) is 0 Å². The number of hydrogen-bond donors (Lipinski definition) is 3. The lowest BCUT2D eigenvalue weighted by Crippen LogP contribution is -2.54.